The lowest BCUT2D eigenvalue weighted by molar-refractivity contribution is -0.135. The summed E-state index contributed by atoms with van der Waals surface area (Å²) in [5.74, 6) is -0.346. The number of allylic oxidation sites excluding steroid dienone is 2. The number of hydrogen-bond acceptors (Lipinski definition) is 3. The third kappa shape index (κ3) is 2.08. The molecule has 80 valence electrons. The molecule has 0 aliphatic carbocycles. The molecule has 3 nitrogen and oxygen atoms in total. The molecule has 16 heavy (non-hydrogen) atoms. The van der Waals surface area contributed by atoms with E-state index in [1.54, 1.807) is 24.4 Å². The summed E-state index contributed by atoms with van der Waals surface area (Å²) in [6.07, 6.45) is 6.84. The van der Waals surface area contributed by atoms with Crippen molar-refractivity contribution in [2.45, 2.75) is 0 Å². The summed E-state index contributed by atoms with van der Waals surface area (Å²) in [7, 11) is 1.37. The maximum Gasteiger partial charge on any atom is 0.337 e. The largest absolute Gasteiger partial charge is 0.465 e. The molecule has 2 rings (SSSR count). The van der Waals surface area contributed by atoms with Gasteiger partial charge in [0.15, 0.2) is 0 Å². The van der Waals surface area contributed by atoms with Crippen molar-refractivity contribution in [3.63, 3.8) is 0 Å². The third-order valence-corrected chi connectivity index (χ3v) is 2.24. The van der Waals surface area contributed by atoms with Crippen molar-refractivity contribution in [3.05, 3.63) is 58.8 Å². The smallest absolute Gasteiger partial charge is 0.337 e. The molecule has 0 bridgehead atoms. The van der Waals surface area contributed by atoms with Crippen molar-refractivity contribution in [1.82, 2.24) is 0 Å². The first-order valence-electron chi connectivity index (χ1n) is 4.91. The van der Waals surface area contributed by atoms with Gasteiger partial charge in [0, 0.05) is 11.4 Å². The van der Waals surface area contributed by atoms with Crippen LogP contribution in [0.3, 0.4) is 0 Å². The van der Waals surface area contributed by atoms with Crippen LogP contribution < -0.4 is 10.6 Å². The molecule has 0 fully saturated rings. The van der Waals surface area contributed by atoms with E-state index in [9.17, 15) is 4.79 Å². The van der Waals surface area contributed by atoms with Crippen LogP contribution >= 0.6 is 0 Å². The fourth-order valence-corrected chi connectivity index (χ4v) is 1.46. The third-order valence-electron chi connectivity index (χ3n) is 2.24. The molecule has 0 atom stereocenters. The molecule has 0 radical (unpaired) electrons. The molecule has 0 aromatic heterocycles. The second-order valence-corrected chi connectivity index (χ2v) is 3.29. The number of rotatable bonds is 1. The summed E-state index contributed by atoms with van der Waals surface area (Å²) >= 11 is 0. The molecule has 0 N–H and O–H groups in total. The molecular formula is C13H11NO2. The van der Waals surface area contributed by atoms with Gasteiger partial charge < -0.3 is 4.74 Å². The van der Waals surface area contributed by atoms with Crippen molar-refractivity contribution in [2.75, 3.05) is 7.11 Å². The van der Waals surface area contributed by atoms with Crippen molar-refractivity contribution >= 4 is 12.0 Å². The monoisotopic (exact) mass is 213 g/mol. The van der Waals surface area contributed by atoms with Crippen LogP contribution in [0.2, 0.25) is 0 Å². The molecule has 3 heteroatoms. The van der Waals surface area contributed by atoms with Gasteiger partial charge in [-0.2, -0.15) is 0 Å². The highest BCUT2D eigenvalue weighted by Gasteiger charge is 2.05. The van der Waals surface area contributed by atoms with Gasteiger partial charge in [0.05, 0.1) is 18.0 Å². The second kappa shape index (κ2) is 4.57. The standard InChI is InChI=1S/C13H11NO2/c1-16-13(15)11-6-4-8-14-12-7-3-2-5-10(12)9-11/h2-9H,1H3. The Morgan fingerprint density at radius 1 is 1.31 bits per heavy atom. The van der Waals surface area contributed by atoms with Gasteiger partial charge in [0.25, 0.3) is 0 Å². The quantitative estimate of drug-likeness (QED) is 0.644. The number of benzene rings is 1. The van der Waals surface area contributed by atoms with Gasteiger partial charge in [-0.05, 0) is 24.3 Å². The van der Waals surface area contributed by atoms with Crippen LogP contribution in [-0.2, 0) is 9.53 Å². The highest BCUT2D eigenvalue weighted by Crippen LogP contribution is 2.01. The highest BCUT2D eigenvalue weighted by molar-refractivity contribution is 5.97. The van der Waals surface area contributed by atoms with Crippen molar-refractivity contribution < 1.29 is 9.53 Å². The number of nitrogens with zero attached hydrogens (tertiary/aromatic N) is 1. The minimum atomic E-state index is -0.346. The fourth-order valence-electron chi connectivity index (χ4n) is 1.46. The Bertz CT molecular complexity index is 582. The topological polar surface area (TPSA) is 38.7 Å². The van der Waals surface area contributed by atoms with Crippen LogP contribution in [0.25, 0.3) is 6.08 Å². The van der Waals surface area contributed by atoms with E-state index >= 15 is 0 Å². The molecule has 1 aromatic rings. The number of methoxy groups -OCH3 is 1. The number of hydrogen-bond donors (Lipinski definition) is 0. The summed E-state index contributed by atoms with van der Waals surface area (Å²) in [5, 5.41) is 1.75. The van der Waals surface area contributed by atoms with E-state index in [0.29, 0.717) is 5.57 Å². The average Bonchev–Trinajstić information content (AvgIpc) is 2.29. The first-order valence-corrected chi connectivity index (χ1v) is 4.91. The zero-order chi connectivity index (χ0) is 11.4. The summed E-state index contributed by atoms with van der Waals surface area (Å²) in [6.45, 7) is 0. The number of esters is 1. The normalized spacial score (nSPS) is 13.4. The summed E-state index contributed by atoms with van der Waals surface area (Å²) < 4.78 is 4.70. The lowest BCUT2D eigenvalue weighted by Gasteiger charge is -1.99. The van der Waals surface area contributed by atoms with E-state index in [-0.39, 0.29) is 5.97 Å². The van der Waals surface area contributed by atoms with Crippen LogP contribution in [-0.4, -0.2) is 13.1 Å². The number of carbonyl (C=O) groups is 1. The van der Waals surface area contributed by atoms with Gasteiger partial charge in [-0.3, -0.25) is 4.99 Å². The summed E-state index contributed by atoms with van der Waals surface area (Å²) in [4.78, 5) is 15.7. The molecule has 1 aromatic carbocycles. The summed E-state index contributed by atoms with van der Waals surface area (Å²) in [6, 6.07) is 7.63. The first kappa shape index (κ1) is 10.4. The molecular weight excluding hydrogens is 202 g/mol. The van der Waals surface area contributed by atoms with Crippen molar-refractivity contribution in [2.24, 2.45) is 4.99 Å². The van der Waals surface area contributed by atoms with E-state index in [1.807, 2.05) is 24.3 Å². The zero-order valence-electron chi connectivity index (χ0n) is 8.88. The molecule has 0 saturated heterocycles. The van der Waals surface area contributed by atoms with Crippen molar-refractivity contribution in [1.29, 1.82) is 0 Å². The molecule has 0 unspecified atom stereocenters. The van der Waals surface area contributed by atoms with Crippen LogP contribution in [0.1, 0.15) is 0 Å². The van der Waals surface area contributed by atoms with Gasteiger partial charge in [-0.1, -0.05) is 18.2 Å². The minimum absolute atomic E-state index is 0.346. The first-order chi connectivity index (χ1) is 7.81. The Hall–Kier alpha value is -2.16. The summed E-state index contributed by atoms with van der Waals surface area (Å²) in [5.41, 5.74) is 0.515. The maximum atomic E-state index is 11.5. The Morgan fingerprint density at radius 2 is 2.12 bits per heavy atom. The lowest BCUT2D eigenvalue weighted by Crippen LogP contribution is -2.25. The Morgan fingerprint density at radius 3 is 2.94 bits per heavy atom. The van der Waals surface area contributed by atoms with Crippen molar-refractivity contribution in [3.8, 4) is 0 Å². The Kier molecular flexibility index (Phi) is 2.96. The van der Waals surface area contributed by atoms with Gasteiger partial charge in [-0.15, -0.1) is 0 Å². The SMILES string of the molecule is COC(=O)C1=CC=CN=c2ccccc2=C1. The second-order valence-electron chi connectivity index (χ2n) is 3.29. The van der Waals surface area contributed by atoms with Crippen LogP contribution in [0.5, 0.6) is 0 Å². The predicted molar refractivity (Wildman–Crippen MR) is 60.9 cm³/mol. The van der Waals surface area contributed by atoms with E-state index in [0.717, 1.165) is 10.6 Å². The number of carbonyl (C=O) groups excluding carboxylic acids is 1. The number of para-hydroxylation sites is 1. The molecule has 1 aliphatic rings. The zero-order valence-corrected chi connectivity index (χ0v) is 8.88. The Labute approximate surface area is 93.1 Å². The highest BCUT2D eigenvalue weighted by atomic mass is 16.5. The number of fused-ring (bicyclic) bond motifs is 1. The molecule has 0 spiro atoms. The van der Waals surface area contributed by atoms with E-state index < -0.39 is 0 Å². The average molecular weight is 213 g/mol. The Balaban J connectivity index is 2.63. The van der Waals surface area contributed by atoms with E-state index in [4.69, 9.17) is 4.74 Å². The van der Waals surface area contributed by atoms with E-state index in [2.05, 4.69) is 4.99 Å². The maximum absolute atomic E-state index is 11.5. The molecule has 1 heterocycles. The number of ether oxygens (including phenoxy) is 1. The minimum Gasteiger partial charge on any atom is -0.465 e. The fraction of sp³-hybridized carbons (Fsp3) is 0.0769. The molecule has 0 amide bonds. The van der Waals surface area contributed by atoms with Gasteiger partial charge in [0.2, 0.25) is 0 Å². The van der Waals surface area contributed by atoms with Crippen LogP contribution in [0, 0.1) is 0 Å². The predicted octanol–water partition coefficient (Wildman–Crippen LogP) is 0.713. The van der Waals surface area contributed by atoms with Gasteiger partial charge >= 0.3 is 5.97 Å². The molecule has 0 saturated carbocycles. The molecule has 1 aliphatic heterocycles. The van der Waals surface area contributed by atoms with Crippen LogP contribution in [0.15, 0.2) is 53.2 Å². The lowest BCUT2D eigenvalue weighted by atomic mass is 10.1. The van der Waals surface area contributed by atoms with Crippen LogP contribution in [0.4, 0.5) is 0 Å². The van der Waals surface area contributed by atoms with Gasteiger partial charge in [-0.25, -0.2) is 4.79 Å². The van der Waals surface area contributed by atoms with Gasteiger partial charge in [0.1, 0.15) is 0 Å². The van der Waals surface area contributed by atoms with E-state index in [1.165, 1.54) is 7.11 Å².